The summed E-state index contributed by atoms with van der Waals surface area (Å²) in [5.74, 6) is 6.03. The van der Waals surface area contributed by atoms with E-state index in [9.17, 15) is 14.9 Å². The fourth-order valence-electron chi connectivity index (χ4n) is 2.22. The van der Waals surface area contributed by atoms with E-state index < -0.39 is 4.92 Å². The van der Waals surface area contributed by atoms with Gasteiger partial charge in [-0.25, -0.2) is 4.68 Å². The van der Waals surface area contributed by atoms with Crippen molar-refractivity contribution < 1.29 is 9.72 Å². The van der Waals surface area contributed by atoms with Gasteiger partial charge in [-0.2, -0.15) is 0 Å². The summed E-state index contributed by atoms with van der Waals surface area (Å²) in [6, 6.07) is 10.4. The van der Waals surface area contributed by atoms with Crippen LogP contribution in [0.1, 0.15) is 0 Å². The number of nitrogens with zero attached hydrogens (tertiary/aromatic N) is 4. The average molecular weight is 439 g/mol. The predicted octanol–water partition coefficient (Wildman–Crippen LogP) is 3.60. The second-order valence-corrected chi connectivity index (χ2v) is 7.23. The number of nitro groups is 1. The summed E-state index contributed by atoms with van der Waals surface area (Å²) in [6.45, 7) is 0. The van der Waals surface area contributed by atoms with Gasteiger partial charge < -0.3 is 11.2 Å². The van der Waals surface area contributed by atoms with Crippen LogP contribution in [-0.2, 0) is 4.79 Å². The topological polar surface area (TPSA) is 129 Å². The molecule has 9 nitrogen and oxygen atoms in total. The third-order valence-electron chi connectivity index (χ3n) is 3.53. The lowest BCUT2D eigenvalue weighted by Gasteiger charge is -2.06. The minimum absolute atomic E-state index is 0.0146. The van der Waals surface area contributed by atoms with Gasteiger partial charge in [-0.05, 0) is 30.3 Å². The van der Waals surface area contributed by atoms with Gasteiger partial charge in [0.25, 0.3) is 5.69 Å². The lowest BCUT2D eigenvalue weighted by atomic mass is 10.2. The number of benzene rings is 2. The zero-order chi connectivity index (χ0) is 20.3. The molecule has 0 radical (unpaired) electrons. The van der Waals surface area contributed by atoms with Crippen molar-refractivity contribution >= 4 is 52.2 Å². The molecule has 0 spiro atoms. The SMILES string of the molecule is Nn1c(SCC(=O)Nc2ccc([N+](=O)[O-])cc2)nnc1-c1ccc(Cl)cc1Cl. The number of nitrogens with two attached hydrogens (primary N) is 1. The Bertz CT molecular complexity index is 1040. The summed E-state index contributed by atoms with van der Waals surface area (Å²) in [4.78, 5) is 22.2. The normalized spacial score (nSPS) is 10.6. The Balaban J connectivity index is 1.64. The van der Waals surface area contributed by atoms with Gasteiger partial charge in [0.15, 0.2) is 5.82 Å². The molecule has 0 aliphatic rings. The van der Waals surface area contributed by atoms with Crippen LogP contribution in [0.4, 0.5) is 11.4 Å². The molecule has 12 heteroatoms. The molecular formula is C16H12Cl2N6O3S. The first-order valence-corrected chi connectivity index (χ1v) is 9.42. The quantitative estimate of drug-likeness (QED) is 0.260. The van der Waals surface area contributed by atoms with Gasteiger partial charge in [-0.3, -0.25) is 14.9 Å². The van der Waals surface area contributed by atoms with Crippen LogP contribution < -0.4 is 11.2 Å². The van der Waals surface area contributed by atoms with E-state index in [1.165, 1.54) is 28.9 Å². The third kappa shape index (κ3) is 4.53. The number of thioether (sulfide) groups is 1. The zero-order valence-electron chi connectivity index (χ0n) is 14.0. The molecule has 3 aromatic rings. The molecule has 144 valence electrons. The Morgan fingerprint density at radius 3 is 2.57 bits per heavy atom. The molecule has 3 N–H and O–H groups in total. The molecule has 2 aromatic carbocycles. The highest BCUT2D eigenvalue weighted by Gasteiger charge is 2.16. The first-order valence-electron chi connectivity index (χ1n) is 7.68. The van der Waals surface area contributed by atoms with Crippen molar-refractivity contribution in [2.45, 2.75) is 5.16 Å². The van der Waals surface area contributed by atoms with Crippen molar-refractivity contribution in [3.8, 4) is 11.4 Å². The summed E-state index contributed by atoms with van der Waals surface area (Å²) in [7, 11) is 0. The molecule has 0 saturated carbocycles. The van der Waals surface area contributed by atoms with E-state index in [1.54, 1.807) is 18.2 Å². The second-order valence-electron chi connectivity index (χ2n) is 5.44. The van der Waals surface area contributed by atoms with Crippen molar-refractivity contribution in [1.82, 2.24) is 14.9 Å². The smallest absolute Gasteiger partial charge is 0.269 e. The second kappa shape index (κ2) is 8.46. The molecule has 28 heavy (non-hydrogen) atoms. The molecule has 1 heterocycles. The molecule has 0 unspecified atom stereocenters. The molecular weight excluding hydrogens is 427 g/mol. The molecule has 1 amide bonds. The van der Waals surface area contributed by atoms with E-state index in [0.29, 0.717) is 32.3 Å². The molecule has 1 aromatic heterocycles. The maximum Gasteiger partial charge on any atom is 0.269 e. The van der Waals surface area contributed by atoms with E-state index in [1.807, 2.05) is 0 Å². The van der Waals surface area contributed by atoms with Crippen LogP contribution in [0.2, 0.25) is 10.0 Å². The van der Waals surface area contributed by atoms with E-state index in [2.05, 4.69) is 15.5 Å². The fraction of sp³-hybridized carbons (Fsp3) is 0.0625. The summed E-state index contributed by atoms with van der Waals surface area (Å²) in [5.41, 5.74) is 0.944. The lowest BCUT2D eigenvalue weighted by Crippen LogP contribution is -2.16. The van der Waals surface area contributed by atoms with E-state index in [4.69, 9.17) is 29.0 Å². The standard InChI is InChI=1S/C16H12Cl2N6O3S/c17-9-1-6-12(13(18)7-9)15-21-22-16(23(15)19)28-8-14(25)20-10-2-4-11(5-3-10)24(26)27/h1-7H,8,19H2,(H,20,25). The average Bonchev–Trinajstić information content (AvgIpc) is 3.01. The Labute approximate surface area is 173 Å². The number of non-ortho nitro benzene ring substituents is 1. The molecule has 0 bridgehead atoms. The molecule has 0 saturated heterocycles. The minimum atomic E-state index is -0.514. The van der Waals surface area contributed by atoms with Crippen LogP contribution in [0, 0.1) is 10.1 Å². The van der Waals surface area contributed by atoms with E-state index in [0.717, 1.165) is 11.8 Å². The van der Waals surface area contributed by atoms with Crippen molar-refractivity contribution in [2.24, 2.45) is 0 Å². The Morgan fingerprint density at radius 1 is 1.21 bits per heavy atom. The summed E-state index contributed by atoms with van der Waals surface area (Å²) in [6.07, 6.45) is 0. The Kier molecular flexibility index (Phi) is 6.02. The van der Waals surface area contributed by atoms with Crippen LogP contribution in [0.15, 0.2) is 47.6 Å². The largest absolute Gasteiger partial charge is 0.335 e. The van der Waals surface area contributed by atoms with Crippen LogP contribution in [-0.4, -0.2) is 31.5 Å². The van der Waals surface area contributed by atoms with E-state index >= 15 is 0 Å². The molecule has 0 aliphatic carbocycles. The van der Waals surface area contributed by atoms with Crippen LogP contribution in [0.3, 0.4) is 0 Å². The van der Waals surface area contributed by atoms with Crippen LogP contribution in [0.25, 0.3) is 11.4 Å². The van der Waals surface area contributed by atoms with Crippen LogP contribution >= 0.6 is 35.0 Å². The number of hydrogen-bond donors (Lipinski definition) is 2. The number of nitrogens with one attached hydrogen (secondary N) is 1. The monoisotopic (exact) mass is 438 g/mol. The maximum absolute atomic E-state index is 12.1. The lowest BCUT2D eigenvalue weighted by molar-refractivity contribution is -0.384. The molecule has 0 aliphatic heterocycles. The first-order chi connectivity index (χ1) is 13.3. The highest BCUT2D eigenvalue weighted by atomic mass is 35.5. The molecule has 0 atom stereocenters. The Hall–Kier alpha value is -2.82. The van der Waals surface area contributed by atoms with Crippen molar-refractivity contribution in [2.75, 3.05) is 16.9 Å². The number of carbonyl (C=O) groups excluding carboxylic acids is 1. The molecule has 0 fully saturated rings. The van der Waals surface area contributed by atoms with Gasteiger partial charge in [0, 0.05) is 28.4 Å². The number of rotatable bonds is 6. The van der Waals surface area contributed by atoms with Gasteiger partial charge in [0.1, 0.15) is 0 Å². The minimum Gasteiger partial charge on any atom is -0.335 e. The van der Waals surface area contributed by atoms with Crippen LogP contribution in [0.5, 0.6) is 0 Å². The number of carbonyl (C=O) groups is 1. The fourth-order valence-corrected chi connectivity index (χ4v) is 3.37. The third-order valence-corrected chi connectivity index (χ3v) is 5.02. The van der Waals surface area contributed by atoms with E-state index in [-0.39, 0.29) is 17.3 Å². The number of nitrogen functional groups attached to an aromatic ring is 1. The van der Waals surface area contributed by atoms with Gasteiger partial charge in [-0.1, -0.05) is 35.0 Å². The maximum atomic E-state index is 12.1. The highest BCUT2D eigenvalue weighted by Crippen LogP contribution is 2.30. The van der Waals surface area contributed by atoms with Crippen molar-refractivity contribution in [3.63, 3.8) is 0 Å². The first kappa shape index (κ1) is 19.9. The summed E-state index contributed by atoms with van der Waals surface area (Å²) in [5, 5.41) is 22.4. The number of halogens is 2. The van der Waals surface area contributed by atoms with Gasteiger partial charge >= 0.3 is 0 Å². The predicted molar refractivity (Wildman–Crippen MR) is 108 cm³/mol. The number of nitro benzene ring substituents is 1. The highest BCUT2D eigenvalue weighted by molar-refractivity contribution is 7.99. The number of amides is 1. The van der Waals surface area contributed by atoms with Gasteiger partial charge in [0.2, 0.25) is 11.1 Å². The molecule has 3 rings (SSSR count). The van der Waals surface area contributed by atoms with Gasteiger partial charge in [0.05, 0.1) is 15.7 Å². The van der Waals surface area contributed by atoms with Crippen molar-refractivity contribution in [1.29, 1.82) is 0 Å². The number of hydrogen-bond acceptors (Lipinski definition) is 7. The zero-order valence-corrected chi connectivity index (χ0v) is 16.3. The summed E-state index contributed by atoms with van der Waals surface area (Å²) < 4.78 is 1.24. The summed E-state index contributed by atoms with van der Waals surface area (Å²) >= 11 is 13.1. The van der Waals surface area contributed by atoms with Gasteiger partial charge in [-0.15, -0.1) is 10.2 Å². The number of aromatic nitrogens is 3. The van der Waals surface area contributed by atoms with Crippen molar-refractivity contribution in [3.05, 3.63) is 62.6 Å². The number of anilines is 1. The Morgan fingerprint density at radius 2 is 1.93 bits per heavy atom.